The van der Waals surface area contributed by atoms with Crippen LogP contribution >= 0.6 is 0 Å². The summed E-state index contributed by atoms with van der Waals surface area (Å²) in [6.07, 6.45) is 7.06. The van der Waals surface area contributed by atoms with Crippen molar-refractivity contribution in [1.82, 2.24) is 14.9 Å². The third-order valence-electron chi connectivity index (χ3n) is 6.78. The van der Waals surface area contributed by atoms with Gasteiger partial charge in [-0.1, -0.05) is 54.6 Å². The second kappa shape index (κ2) is 11.7. The van der Waals surface area contributed by atoms with Gasteiger partial charge in [-0.15, -0.1) is 0 Å². The van der Waals surface area contributed by atoms with Gasteiger partial charge < -0.3 is 19.6 Å². The van der Waals surface area contributed by atoms with Crippen LogP contribution in [0.3, 0.4) is 0 Å². The fourth-order valence-corrected chi connectivity index (χ4v) is 5.02. The minimum absolute atomic E-state index is 0.0682. The summed E-state index contributed by atoms with van der Waals surface area (Å²) in [5, 5.41) is 4.32. The number of para-hydroxylation sites is 1. The van der Waals surface area contributed by atoms with E-state index >= 15 is 0 Å². The van der Waals surface area contributed by atoms with E-state index in [0.29, 0.717) is 12.8 Å². The average Bonchev–Trinajstić information content (AvgIpc) is 3.61. The number of benzene rings is 3. The summed E-state index contributed by atoms with van der Waals surface area (Å²) in [6, 6.07) is 27.9. The Morgan fingerprint density at radius 1 is 0.925 bits per heavy atom. The van der Waals surface area contributed by atoms with E-state index in [1.54, 1.807) is 0 Å². The van der Waals surface area contributed by atoms with Crippen molar-refractivity contribution in [2.45, 2.75) is 51.7 Å². The molecule has 0 aliphatic heterocycles. The molecule has 2 N–H and O–H groups in total. The van der Waals surface area contributed by atoms with E-state index in [9.17, 15) is 9.59 Å². The molecular weight excluding hydrogens is 498 g/mol. The van der Waals surface area contributed by atoms with E-state index in [2.05, 4.69) is 27.0 Å². The van der Waals surface area contributed by atoms with Gasteiger partial charge in [0.2, 0.25) is 5.91 Å². The first-order chi connectivity index (χ1) is 19.3. The topological polar surface area (TPSA) is 76.1 Å². The number of H-pyrrole nitrogens is 1. The predicted molar refractivity (Wildman–Crippen MR) is 158 cm³/mol. The predicted octanol–water partition coefficient (Wildman–Crippen LogP) is 6.68. The molecular formula is C34H35N3O3. The SMILES string of the molecule is CC(C)(C)OC(=O)CCc1c[nH]c2ccc(CC(=O)NC(c3ccccc3)c3ccccc3-n3cccc3)cc12. The number of esters is 1. The zero-order chi connectivity index (χ0) is 28.1. The molecule has 0 fully saturated rings. The van der Waals surface area contributed by atoms with Crippen LogP contribution in [-0.4, -0.2) is 27.0 Å². The van der Waals surface area contributed by atoms with Crippen molar-refractivity contribution >= 4 is 22.8 Å². The van der Waals surface area contributed by atoms with Crippen LogP contribution in [0.5, 0.6) is 0 Å². The highest BCUT2D eigenvalue weighted by atomic mass is 16.6. The summed E-state index contributed by atoms with van der Waals surface area (Å²) >= 11 is 0. The Morgan fingerprint density at radius 2 is 1.65 bits per heavy atom. The van der Waals surface area contributed by atoms with E-state index < -0.39 is 5.60 Å². The number of aryl methyl sites for hydroxylation is 1. The number of aromatic nitrogens is 2. The molecule has 1 unspecified atom stereocenters. The van der Waals surface area contributed by atoms with Crippen LogP contribution in [0.15, 0.2) is 104 Å². The molecule has 204 valence electrons. The monoisotopic (exact) mass is 533 g/mol. The number of carbonyl (C=O) groups excluding carboxylic acids is 2. The van der Waals surface area contributed by atoms with Gasteiger partial charge in [0, 0.05) is 41.5 Å². The van der Waals surface area contributed by atoms with E-state index in [0.717, 1.165) is 38.8 Å². The molecule has 0 aliphatic carbocycles. The average molecular weight is 534 g/mol. The summed E-state index contributed by atoms with van der Waals surface area (Å²) in [5.41, 5.74) is 5.47. The highest BCUT2D eigenvalue weighted by Crippen LogP contribution is 2.28. The van der Waals surface area contributed by atoms with Gasteiger partial charge in [-0.3, -0.25) is 9.59 Å². The van der Waals surface area contributed by atoms with Crippen LogP contribution in [0.2, 0.25) is 0 Å². The first-order valence-corrected chi connectivity index (χ1v) is 13.6. The van der Waals surface area contributed by atoms with Gasteiger partial charge in [-0.05, 0) is 74.2 Å². The van der Waals surface area contributed by atoms with Crippen molar-refractivity contribution < 1.29 is 14.3 Å². The standard InChI is InChI=1S/C34H35N3O3/c1-34(2,3)40-32(39)18-16-26-23-35-29-17-15-24(21-28(26)29)22-31(38)36-33(25-11-5-4-6-12-25)27-13-7-8-14-30(27)37-19-9-10-20-37/h4-15,17,19-21,23,33,35H,16,18,22H2,1-3H3,(H,36,38). The molecule has 0 radical (unpaired) electrons. The molecule has 5 aromatic rings. The Morgan fingerprint density at radius 3 is 2.40 bits per heavy atom. The molecule has 1 amide bonds. The zero-order valence-electron chi connectivity index (χ0n) is 23.2. The Kier molecular flexibility index (Phi) is 7.87. The van der Waals surface area contributed by atoms with Crippen molar-refractivity contribution in [2.24, 2.45) is 0 Å². The molecule has 5 rings (SSSR count). The highest BCUT2D eigenvalue weighted by molar-refractivity contribution is 5.87. The smallest absolute Gasteiger partial charge is 0.306 e. The van der Waals surface area contributed by atoms with Crippen molar-refractivity contribution in [2.75, 3.05) is 0 Å². The fraction of sp³-hybridized carbons (Fsp3) is 0.235. The summed E-state index contributed by atoms with van der Waals surface area (Å²) in [5.74, 6) is -0.286. The Hall–Kier alpha value is -4.58. The summed E-state index contributed by atoms with van der Waals surface area (Å²) < 4.78 is 7.53. The number of aromatic amines is 1. The summed E-state index contributed by atoms with van der Waals surface area (Å²) in [4.78, 5) is 29.0. The van der Waals surface area contributed by atoms with E-state index in [-0.39, 0.29) is 24.3 Å². The largest absolute Gasteiger partial charge is 0.460 e. The lowest BCUT2D eigenvalue weighted by Gasteiger charge is -2.23. The van der Waals surface area contributed by atoms with Gasteiger partial charge in [0.15, 0.2) is 0 Å². The van der Waals surface area contributed by atoms with Crippen molar-refractivity contribution in [3.8, 4) is 5.69 Å². The maximum atomic E-state index is 13.5. The molecule has 0 aliphatic rings. The number of nitrogens with zero attached hydrogens (tertiary/aromatic N) is 1. The van der Waals surface area contributed by atoms with E-state index in [1.807, 2.05) is 112 Å². The van der Waals surface area contributed by atoms with E-state index in [1.165, 1.54) is 0 Å². The van der Waals surface area contributed by atoms with Gasteiger partial charge in [-0.25, -0.2) is 0 Å². The lowest BCUT2D eigenvalue weighted by molar-refractivity contribution is -0.154. The zero-order valence-corrected chi connectivity index (χ0v) is 23.2. The number of fused-ring (bicyclic) bond motifs is 1. The molecule has 6 heteroatoms. The van der Waals surface area contributed by atoms with Gasteiger partial charge in [0.1, 0.15) is 5.60 Å². The number of hydrogen-bond donors (Lipinski definition) is 2. The molecule has 0 saturated carbocycles. The lowest BCUT2D eigenvalue weighted by Crippen LogP contribution is -2.31. The molecule has 6 nitrogen and oxygen atoms in total. The highest BCUT2D eigenvalue weighted by Gasteiger charge is 2.21. The molecule has 40 heavy (non-hydrogen) atoms. The Bertz CT molecular complexity index is 1590. The molecule has 0 spiro atoms. The van der Waals surface area contributed by atoms with Crippen molar-refractivity contribution in [3.63, 3.8) is 0 Å². The third kappa shape index (κ3) is 6.52. The Labute approximate surface area is 235 Å². The molecule has 2 aromatic heterocycles. The number of ether oxygens (including phenoxy) is 1. The summed E-state index contributed by atoms with van der Waals surface area (Å²) in [7, 11) is 0. The third-order valence-corrected chi connectivity index (χ3v) is 6.78. The second-order valence-electron chi connectivity index (χ2n) is 11.0. The quantitative estimate of drug-likeness (QED) is 0.208. The van der Waals surface area contributed by atoms with Gasteiger partial charge in [0.05, 0.1) is 18.2 Å². The second-order valence-corrected chi connectivity index (χ2v) is 11.0. The summed E-state index contributed by atoms with van der Waals surface area (Å²) in [6.45, 7) is 5.61. The van der Waals surface area contributed by atoms with Crippen LogP contribution < -0.4 is 5.32 Å². The first kappa shape index (κ1) is 27.0. The van der Waals surface area contributed by atoms with Crippen molar-refractivity contribution in [1.29, 1.82) is 0 Å². The molecule has 0 saturated heterocycles. The van der Waals surface area contributed by atoms with Crippen LogP contribution in [0, 0.1) is 0 Å². The van der Waals surface area contributed by atoms with Gasteiger partial charge in [-0.2, -0.15) is 0 Å². The fourth-order valence-electron chi connectivity index (χ4n) is 5.02. The number of rotatable bonds is 9. The molecule has 0 bridgehead atoms. The van der Waals surface area contributed by atoms with Gasteiger partial charge in [0.25, 0.3) is 0 Å². The maximum absolute atomic E-state index is 13.5. The van der Waals surface area contributed by atoms with Crippen molar-refractivity contribution in [3.05, 3.63) is 126 Å². The van der Waals surface area contributed by atoms with E-state index in [4.69, 9.17) is 4.74 Å². The van der Waals surface area contributed by atoms with Gasteiger partial charge >= 0.3 is 5.97 Å². The molecule has 3 aromatic carbocycles. The first-order valence-electron chi connectivity index (χ1n) is 13.6. The Balaban J connectivity index is 1.36. The minimum Gasteiger partial charge on any atom is -0.460 e. The number of carbonyl (C=O) groups is 2. The molecule has 1 atom stereocenters. The lowest BCUT2D eigenvalue weighted by atomic mass is 9.96. The van der Waals surface area contributed by atoms with Crippen LogP contribution in [0.4, 0.5) is 0 Å². The minimum atomic E-state index is -0.502. The number of amides is 1. The normalized spacial score (nSPS) is 12.3. The van der Waals surface area contributed by atoms with Crippen LogP contribution in [0.25, 0.3) is 16.6 Å². The number of nitrogens with one attached hydrogen (secondary N) is 2. The maximum Gasteiger partial charge on any atom is 0.306 e. The van der Waals surface area contributed by atoms with Crippen LogP contribution in [0.1, 0.15) is 55.5 Å². The van der Waals surface area contributed by atoms with Crippen LogP contribution in [-0.2, 0) is 27.2 Å². The number of hydrogen-bond acceptors (Lipinski definition) is 3. The molecule has 2 heterocycles.